The number of benzene rings is 1. The second-order valence-electron chi connectivity index (χ2n) is 7.27. The molecule has 26 heavy (non-hydrogen) atoms. The lowest BCUT2D eigenvalue weighted by atomic mass is 9.80. The first-order valence-corrected chi connectivity index (χ1v) is 8.27. The molecule has 144 valence electrons. The highest BCUT2D eigenvalue weighted by Crippen LogP contribution is 2.37. The third-order valence-corrected chi connectivity index (χ3v) is 4.24. The van der Waals surface area contributed by atoms with Gasteiger partial charge >= 0.3 is 12.1 Å². The molecule has 1 aliphatic heterocycles. The van der Waals surface area contributed by atoms with Crippen molar-refractivity contribution in [3.8, 4) is 5.75 Å². The molecule has 2 atom stereocenters. The van der Waals surface area contributed by atoms with Gasteiger partial charge < -0.3 is 19.5 Å². The van der Waals surface area contributed by atoms with Crippen LogP contribution in [0.2, 0.25) is 0 Å². The van der Waals surface area contributed by atoms with Gasteiger partial charge in [0.1, 0.15) is 23.0 Å². The van der Waals surface area contributed by atoms with E-state index in [2.05, 4.69) is 0 Å². The Bertz CT molecular complexity index is 678. The standard InChI is InChI=1S/C18H23F2NO5/c1-18(2,3)26-17(24)21-6-5-11(16(22)23)12(9-21)15-13(19)7-10(25-4)8-14(15)20/h7-8,11-12H,5-6,9H2,1-4H3,(H,22,23). The lowest BCUT2D eigenvalue weighted by Crippen LogP contribution is -2.47. The molecule has 1 aromatic carbocycles. The fraction of sp³-hybridized carbons (Fsp3) is 0.556. The van der Waals surface area contributed by atoms with Crippen molar-refractivity contribution in [2.75, 3.05) is 20.2 Å². The summed E-state index contributed by atoms with van der Waals surface area (Å²) in [6.45, 7) is 5.10. The molecule has 1 saturated heterocycles. The van der Waals surface area contributed by atoms with Crippen LogP contribution in [0.1, 0.15) is 38.7 Å². The van der Waals surface area contributed by atoms with Crippen LogP contribution in [0.5, 0.6) is 5.75 Å². The van der Waals surface area contributed by atoms with E-state index in [-0.39, 0.29) is 30.8 Å². The normalized spacial score (nSPS) is 20.6. The number of halogens is 2. The Balaban J connectivity index is 2.36. The van der Waals surface area contributed by atoms with Gasteiger partial charge in [-0.1, -0.05) is 0 Å². The number of amides is 1. The number of hydrogen-bond donors (Lipinski definition) is 1. The van der Waals surface area contributed by atoms with Gasteiger partial charge in [-0.3, -0.25) is 4.79 Å². The summed E-state index contributed by atoms with van der Waals surface area (Å²) in [5, 5.41) is 9.46. The monoisotopic (exact) mass is 371 g/mol. The highest BCUT2D eigenvalue weighted by Gasteiger charge is 2.40. The topological polar surface area (TPSA) is 76.1 Å². The maximum atomic E-state index is 14.5. The summed E-state index contributed by atoms with van der Waals surface area (Å²) in [5.74, 6) is -5.00. The number of hydrogen-bond acceptors (Lipinski definition) is 4. The SMILES string of the molecule is COc1cc(F)c(C2CN(C(=O)OC(C)(C)C)CCC2C(=O)O)c(F)c1. The van der Waals surface area contributed by atoms with E-state index in [9.17, 15) is 23.5 Å². The number of methoxy groups -OCH3 is 1. The number of carboxylic acid groups (broad SMARTS) is 1. The van der Waals surface area contributed by atoms with Crippen LogP contribution in [0.4, 0.5) is 13.6 Å². The lowest BCUT2D eigenvalue weighted by Gasteiger charge is -2.37. The summed E-state index contributed by atoms with van der Waals surface area (Å²) < 4.78 is 39.1. The average molecular weight is 371 g/mol. The van der Waals surface area contributed by atoms with Crippen LogP contribution >= 0.6 is 0 Å². The Morgan fingerprint density at radius 3 is 2.27 bits per heavy atom. The van der Waals surface area contributed by atoms with Gasteiger partial charge in [0.05, 0.1) is 13.0 Å². The highest BCUT2D eigenvalue weighted by atomic mass is 19.1. The number of piperidine rings is 1. The number of aliphatic carboxylic acids is 1. The van der Waals surface area contributed by atoms with Crippen molar-refractivity contribution in [1.82, 2.24) is 4.90 Å². The summed E-state index contributed by atoms with van der Waals surface area (Å²) in [6, 6.07) is 2.01. The number of likely N-dealkylation sites (tertiary alicyclic amines) is 1. The second kappa shape index (κ2) is 7.47. The first-order valence-electron chi connectivity index (χ1n) is 8.27. The fourth-order valence-electron chi connectivity index (χ4n) is 3.07. The first-order chi connectivity index (χ1) is 12.0. The maximum Gasteiger partial charge on any atom is 0.410 e. The third kappa shape index (κ3) is 4.42. The van der Waals surface area contributed by atoms with Crippen LogP contribution in [0, 0.1) is 17.6 Å². The zero-order valence-electron chi connectivity index (χ0n) is 15.2. The molecule has 1 N–H and O–H groups in total. The van der Waals surface area contributed by atoms with E-state index in [1.54, 1.807) is 20.8 Å². The molecule has 1 aromatic rings. The van der Waals surface area contributed by atoms with Gasteiger partial charge in [0, 0.05) is 36.7 Å². The largest absolute Gasteiger partial charge is 0.497 e. The van der Waals surface area contributed by atoms with E-state index in [1.807, 2.05) is 0 Å². The Morgan fingerprint density at radius 2 is 1.81 bits per heavy atom. The minimum absolute atomic E-state index is 0.00423. The fourth-order valence-corrected chi connectivity index (χ4v) is 3.07. The molecule has 8 heteroatoms. The molecular weight excluding hydrogens is 348 g/mol. The van der Waals surface area contributed by atoms with E-state index in [1.165, 1.54) is 12.0 Å². The molecule has 2 unspecified atom stereocenters. The maximum absolute atomic E-state index is 14.5. The summed E-state index contributed by atoms with van der Waals surface area (Å²) in [7, 11) is 1.28. The summed E-state index contributed by atoms with van der Waals surface area (Å²) in [6.07, 6.45) is -0.565. The van der Waals surface area contributed by atoms with Crippen molar-refractivity contribution < 1.29 is 33.0 Å². The van der Waals surface area contributed by atoms with Crippen LogP contribution in [0.25, 0.3) is 0 Å². The number of ether oxygens (including phenoxy) is 2. The molecular formula is C18H23F2NO5. The van der Waals surface area contributed by atoms with Crippen molar-refractivity contribution in [3.63, 3.8) is 0 Å². The van der Waals surface area contributed by atoms with E-state index in [0.29, 0.717) is 0 Å². The average Bonchev–Trinajstić information content (AvgIpc) is 2.52. The molecule has 0 aromatic heterocycles. The zero-order chi connectivity index (χ0) is 19.6. The van der Waals surface area contributed by atoms with E-state index in [0.717, 1.165) is 12.1 Å². The van der Waals surface area contributed by atoms with Gasteiger partial charge in [-0.15, -0.1) is 0 Å². The summed E-state index contributed by atoms with van der Waals surface area (Å²) in [4.78, 5) is 25.2. The van der Waals surface area contributed by atoms with Crippen molar-refractivity contribution in [1.29, 1.82) is 0 Å². The molecule has 1 heterocycles. The molecule has 0 spiro atoms. The Labute approximate surface area is 150 Å². The van der Waals surface area contributed by atoms with Crippen LogP contribution in [-0.2, 0) is 9.53 Å². The second-order valence-corrected chi connectivity index (χ2v) is 7.27. The quantitative estimate of drug-likeness (QED) is 0.881. The molecule has 6 nitrogen and oxygen atoms in total. The number of rotatable bonds is 3. The number of carboxylic acids is 1. The van der Waals surface area contributed by atoms with Gasteiger partial charge in [-0.2, -0.15) is 0 Å². The minimum Gasteiger partial charge on any atom is -0.497 e. The Hall–Kier alpha value is -2.38. The first kappa shape index (κ1) is 19.9. The smallest absolute Gasteiger partial charge is 0.410 e. The van der Waals surface area contributed by atoms with Gasteiger partial charge in [0.15, 0.2) is 0 Å². The van der Waals surface area contributed by atoms with E-state index < -0.39 is 41.1 Å². The number of carbonyl (C=O) groups is 2. The third-order valence-electron chi connectivity index (χ3n) is 4.24. The van der Waals surface area contributed by atoms with E-state index in [4.69, 9.17) is 9.47 Å². The molecule has 0 saturated carbocycles. The van der Waals surface area contributed by atoms with E-state index >= 15 is 0 Å². The highest BCUT2D eigenvalue weighted by molar-refractivity contribution is 5.73. The number of carbonyl (C=O) groups excluding carboxylic acids is 1. The molecule has 2 rings (SSSR count). The van der Waals surface area contributed by atoms with Crippen molar-refractivity contribution in [3.05, 3.63) is 29.3 Å². The molecule has 1 amide bonds. The molecule has 1 aliphatic rings. The van der Waals surface area contributed by atoms with Gasteiger partial charge in [-0.05, 0) is 27.2 Å². The Morgan fingerprint density at radius 1 is 1.23 bits per heavy atom. The van der Waals surface area contributed by atoms with Crippen molar-refractivity contribution in [2.45, 2.75) is 38.7 Å². The predicted molar refractivity (Wildman–Crippen MR) is 89.2 cm³/mol. The van der Waals surface area contributed by atoms with Crippen LogP contribution in [0.15, 0.2) is 12.1 Å². The summed E-state index contributed by atoms with van der Waals surface area (Å²) in [5.41, 5.74) is -1.08. The van der Waals surface area contributed by atoms with Crippen LogP contribution < -0.4 is 4.74 Å². The predicted octanol–water partition coefficient (Wildman–Crippen LogP) is 3.40. The van der Waals surface area contributed by atoms with Crippen molar-refractivity contribution >= 4 is 12.1 Å². The molecule has 0 radical (unpaired) electrons. The molecule has 0 aliphatic carbocycles. The lowest BCUT2D eigenvalue weighted by molar-refractivity contribution is -0.144. The summed E-state index contributed by atoms with van der Waals surface area (Å²) >= 11 is 0. The Kier molecular flexibility index (Phi) is 5.73. The minimum atomic E-state index is -1.16. The van der Waals surface area contributed by atoms with Crippen LogP contribution in [-0.4, -0.2) is 47.9 Å². The zero-order valence-corrected chi connectivity index (χ0v) is 15.2. The van der Waals surface area contributed by atoms with Crippen molar-refractivity contribution in [2.24, 2.45) is 5.92 Å². The molecule has 1 fully saturated rings. The van der Waals surface area contributed by atoms with Gasteiger partial charge in [0.2, 0.25) is 0 Å². The molecule has 0 bridgehead atoms. The van der Waals surface area contributed by atoms with Gasteiger partial charge in [-0.25, -0.2) is 13.6 Å². The van der Waals surface area contributed by atoms with Crippen LogP contribution in [0.3, 0.4) is 0 Å². The van der Waals surface area contributed by atoms with Gasteiger partial charge in [0.25, 0.3) is 0 Å². The number of nitrogens with zero attached hydrogens (tertiary/aromatic N) is 1.